The summed E-state index contributed by atoms with van der Waals surface area (Å²) in [7, 11) is 0. The van der Waals surface area contributed by atoms with Gasteiger partial charge in [-0.3, -0.25) is 4.98 Å². The molecule has 0 saturated heterocycles. The Labute approximate surface area is 145 Å². The van der Waals surface area contributed by atoms with Gasteiger partial charge in [0.05, 0.1) is 0 Å². The number of pyridine rings is 1. The fourth-order valence-corrected chi connectivity index (χ4v) is 4.40. The lowest BCUT2D eigenvalue weighted by molar-refractivity contribution is -0.274. The van der Waals surface area contributed by atoms with Crippen molar-refractivity contribution >= 4 is 0 Å². The van der Waals surface area contributed by atoms with E-state index in [9.17, 15) is 13.2 Å². The Kier molecular flexibility index (Phi) is 4.18. The summed E-state index contributed by atoms with van der Waals surface area (Å²) in [6, 6.07) is 10.6. The molecular formula is C20H20F3NO. The van der Waals surface area contributed by atoms with Gasteiger partial charge in [-0.05, 0) is 73.3 Å². The van der Waals surface area contributed by atoms with E-state index in [4.69, 9.17) is 0 Å². The zero-order chi connectivity index (χ0) is 17.4. The van der Waals surface area contributed by atoms with E-state index in [-0.39, 0.29) is 5.75 Å². The molecule has 3 atom stereocenters. The second-order valence-corrected chi connectivity index (χ2v) is 7.01. The second kappa shape index (κ2) is 6.36. The molecule has 0 amide bonds. The largest absolute Gasteiger partial charge is 0.573 e. The van der Waals surface area contributed by atoms with Crippen LogP contribution < -0.4 is 4.74 Å². The number of hydrogen-bond donors (Lipinski definition) is 0. The summed E-state index contributed by atoms with van der Waals surface area (Å²) < 4.78 is 40.9. The van der Waals surface area contributed by atoms with Crippen molar-refractivity contribution in [3.05, 3.63) is 59.4 Å². The Morgan fingerprint density at radius 1 is 0.960 bits per heavy atom. The van der Waals surface area contributed by atoms with Crippen LogP contribution in [0.5, 0.6) is 5.75 Å². The standard InChI is InChI=1S/C20H20F3NO/c21-20(22,23)25-15-8-6-13(7-9-15)16-10-11-17(16)18-5-1-3-14-4-2-12-24-19(14)18/h2,4,6-9,12,16-18H,1,3,5,10-11H2. The van der Waals surface area contributed by atoms with Crippen molar-refractivity contribution < 1.29 is 17.9 Å². The van der Waals surface area contributed by atoms with Crippen LogP contribution in [0, 0.1) is 5.92 Å². The highest BCUT2D eigenvalue weighted by Crippen LogP contribution is 2.52. The smallest absolute Gasteiger partial charge is 0.406 e. The lowest BCUT2D eigenvalue weighted by Crippen LogP contribution is -2.32. The number of aromatic nitrogens is 1. The molecular weight excluding hydrogens is 327 g/mol. The number of rotatable bonds is 3. The third-order valence-electron chi connectivity index (χ3n) is 5.63. The second-order valence-electron chi connectivity index (χ2n) is 7.01. The molecule has 4 rings (SSSR count). The number of benzene rings is 1. The van der Waals surface area contributed by atoms with Crippen LogP contribution >= 0.6 is 0 Å². The number of halogens is 3. The summed E-state index contributed by atoms with van der Waals surface area (Å²) in [5.41, 5.74) is 3.70. The van der Waals surface area contributed by atoms with E-state index < -0.39 is 6.36 Å². The Balaban J connectivity index is 1.51. The fourth-order valence-electron chi connectivity index (χ4n) is 4.40. The van der Waals surface area contributed by atoms with Crippen molar-refractivity contribution in [3.63, 3.8) is 0 Å². The average Bonchev–Trinajstić information content (AvgIpc) is 2.55. The number of fused-ring (bicyclic) bond motifs is 1. The Bertz CT molecular complexity index is 741. The van der Waals surface area contributed by atoms with E-state index in [2.05, 4.69) is 15.8 Å². The molecule has 25 heavy (non-hydrogen) atoms. The van der Waals surface area contributed by atoms with Gasteiger partial charge in [-0.15, -0.1) is 13.2 Å². The van der Waals surface area contributed by atoms with E-state index in [0.29, 0.717) is 17.8 Å². The summed E-state index contributed by atoms with van der Waals surface area (Å²) in [4.78, 5) is 4.64. The molecule has 2 nitrogen and oxygen atoms in total. The van der Waals surface area contributed by atoms with Gasteiger partial charge in [-0.25, -0.2) is 0 Å². The van der Waals surface area contributed by atoms with Gasteiger partial charge < -0.3 is 4.74 Å². The molecule has 0 bridgehead atoms. The number of aryl methyl sites for hydroxylation is 1. The topological polar surface area (TPSA) is 22.1 Å². The Hall–Kier alpha value is -2.04. The third kappa shape index (κ3) is 3.37. The number of hydrogen-bond acceptors (Lipinski definition) is 2. The molecule has 1 saturated carbocycles. The predicted molar refractivity (Wildman–Crippen MR) is 88.5 cm³/mol. The van der Waals surface area contributed by atoms with Crippen LogP contribution in [-0.4, -0.2) is 11.3 Å². The highest BCUT2D eigenvalue weighted by molar-refractivity contribution is 5.34. The normalized spacial score (nSPS) is 25.8. The van der Waals surface area contributed by atoms with Crippen molar-refractivity contribution in [2.75, 3.05) is 0 Å². The zero-order valence-electron chi connectivity index (χ0n) is 13.8. The molecule has 1 fully saturated rings. The quantitative estimate of drug-likeness (QED) is 0.722. The number of ether oxygens (including phenoxy) is 1. The molecule has 0 spiro atoms. The molecule has 0 radical (unpaired) electrons. The molecule has 2 aromatic rings. The van der Waals surface area contributed by atoms with E-state index in [1.807, 2.05) is 12.3 Å². The van der Waals surface area contributed by atoms with E-state index in [1.54, 1.807) is 12.1 Å². The van der Waals surface area contributed by atoms with Gasteiger partial charge in [-0.1, -0.05) is 18.2 Å². The Morgan fingerprint density at radius 3 is 2.44 bits per heavy atom. The van der Waals surface area contributed by atoms with Gasteiger partial charge in [0.2, 0.25) is 0 Å². The molecule has 1 aromatic heterocycles. The maximum atomic E-state index is 12.3. The minimum Gasteiger partial charge on any atom is -0.406 e. The number of nitrogens with zero attached hydrogens (tertiary/aromatic N) is 1. The summed E-state index contributed by atoms with van der Waals surface area (Å²) in [5, 5.41) is 0. The van der Waals surface area contributed by atoms with E-state index in [1.165, 1.54) is 29.8 Å². The van der Waals surface area contributed by atoms with Crippen LogP contribution in [0.25, 0.3) is 0 Å². The molecule has 5 heteroatoms. The first kappa shape index (κ1) is 16.4. The van der Waals surface area contributed by atoms with Crippen molar-refractivity contribution in [2.45, 2.75) is 50.3 Å². The van der Waals surface area contributed by atoms with Crippen LogP contribution in [0.15, 0.2) is 42.6 Å². The summed E-state index contributed by atoms with van der Waals surface area (Å²) in [5.74, 6) is 1.24. The maximum absolute atomic E-state index is 12.3. The summed E-state index contributed by atoms with van der Waals surface area (Å²) in [6.07, 6.45) is 2.91. The van der Waals surface area contributed by atoms with E-state index in [0.717, 1.165) is 31.2 Å². The van der Waals surface area contributed by atoms with Crippen molar-refractivity contribution in [2.24, 2.45) is 5.92 Å². The van der Waals surface area contributed by atoms with Gasteiger partial charge in [0.25, 0.3) is 0 Å². The van der Waals surface area contributed by atoms with Gasteiger partial charge in [-0.2, -0.15) is 0 Å². The molecule has 0 aliphatic heterocycles. The summed E-state index contributed by atoms with van der Waals surface area (Å²) in [6.45, 7) is 0. The first-order chi connectivity index (χ1) is 12.0. The Morgan fingerprint density at radius 2 is 1.76 bits per heavy atom. The van der Waals surface area contributed by atoms with Gasteiger partial charge in [0.15, 0.2) is 0 Å². The predicted octanol–water partition coefficient (Wildman–Crippen LogP) is 5.59. The van der Waals surface area contributed by atoms with Crippen LogP contribution in [-0.2, 0) is 6.42 Å². The fraction of sp³-hybridized carbons (Fsp3) is 0.450. The lowest BCUT2D eigenvalue weighted by atomic mass is 9.61. The van der Waals surface area contributed by atoms with Crippen LogP contribution in [0.3, 0.4) is 0 Å². The lowest BCUT2D eigenvalue weighted by Gasteiger charge is -2.44. The monoisotopic (exact) mass is 347 g/mol. The molecule has 1 aromatic carbocycles. The van der Waals surface area contributed by atoms with Crippen molar-refractivity contribution in [1.82, 2.24) is 4.98 Å². The minimum absolute atomic E-state index is 0.156. The van der Waals surface area contributed by atoms with Gasteiger partial charge >= 0.3 is 6.36 Å². The zero-order valence-corrected chi connectivity index (χ0v) is 13.8. The van der Waals surface area contributed by atoms with Crippen molar-refractivity contribution in [3.8, 4) is 5.75 Å². The summed E-state index contributed by atoms with van der Waals surface area (Å²) >= 11 is 0. The molecule has 1 heterocycles. The SMILES string of the molecule is FC(F)(F)Oc1ccc(C2CCC2C2CCCc3cccnc32)cc1. The molecule has 2 aliphatic carbocycles. The number of alkyl halides is 3. The first-order valence-electron chi connectivity index (χ1n) is 8.81. The highest BCUT2D eigenvalue weighted by atomic mass is 19.4. The minimum atomic E-state index is -4.64. The molecule has 0 N–H and O–H groups in total. The third-order valence-corrected chi connectivity index (χ3v) is 5.63. The van der Waals surface area contributed by atoms with Gasteiger partial charge in [0.1, 0.15) is 5.75 Å². The van der Waals surface area contributed by atoms with Crippen LogP contribution in [0.1, 0.15) is 54.3 Å². The van der Waals surface area contributed by atoms with Gasteiger partial charge in [0, 0.05) is 17.8 Å². The van der Waals surface area contributed by atoms with Crippen LogP contribution in [0.4, 0.5) is 13.2 Å². The molecule has 2 aliphatic rings. The van der Waals surface area contributed by atoms with E-state index >= 15 is 0 Å². The molecule has 3 unspecified atom stereocenters. The maximum Gasteiger partial charge on any atom is 0.573 e. The van der Waals surface area contributed by atoms with Crippen LogP contribution in [0.2, 0.25) is 0 Å². The molecule has 132 valence electrons. The highest BCUT2D eigenvalue weighted by Gasteiger charge is 2.40. The van der Waals surface area contributed by atoms with Crippen molar-refractivity contribution in [1.29, 1.82) is 0 Å². The average molecular weight is 347 g/mol. The first-order valence-corrected chi connectivity index (χ1v) is 8.81.